The van der Waals surface area contributed by atoms with Gasteiger partial charge in [-0.15, -0.1) is 0 Å². The van der Waals surface area contributed by atoms with Crippen molar-refractivity contribution in [3.63, 3.8) is 0 Å². The monoisotopic (exact) mass is 468 g/mol. The Morgan fingerprint density at radius 2 is 1.72 bits per heavy atom. The number of methoxy groups -OCH3 is 2. The summed E-state index contributed by atoms with van der Waals surface area (Å²) in [6, 6.07) is 17.7. The van der Waals surface area contributed by atoms with Crippen LogP contribution in [0.25, 0.3) is 0 Å². The van der Waals surface area contributed by atoms with Crippen LogP contribution in [0.2, 0.25) is 10.0 Å². The second kappa shape index (κ2) is 8.23. The zero-order valence-electron chi connectivity index (χ0n) is 17.9. The highest BCUT2D eigenvalue weighted by Crippen LogP contribution is 2.51. The Morgan fingerprint density at radius 3 is 2.44 bits per heavy atom. The van der Waals surface area contributed by atoms with Crippen molar-refractivity contribution in [3.8, 4) is 17.2 Å². The van der Waals surface area contributed by atoms with E-state index >= 15 is 0 Å². The number of rotatable bonds is 4. The number of benzene rings is 3. The van der Waals surface area contributed by atoms with Crippen LogP contribution in [0.5, 0.6) is 17.2 Å². The Hall–Kier alpha value is -2.89. The van der Waals surface area contributed by atoms with Crippen molar-refractivity contribution >= 4 is 28.9 Å². The van der Waals surface area contributed by atoms with Gasteiger partial charge in [0, 0.05) is 22.6 Å². The zero-order chi connectivity index (χ0) is 22.4. The van der Waals surface area contributed by atoms with Gasteiger partial charge in [0.15, 0.2) is 11.5 Å². The smallest absolute Gasteiger partial charge is 0.214 e. The average molecular weight is 469 g/mol. The van der Waals surface area contributed by atoms with E-state index in [2.05, 4.69) is 31.2 Å². The standard InChI is InChI=1S/C25H22Cl2N2O3/c1-14-4-6-15(7-5-14)20-13-21-18-11-17(26)12-19(27)24(18)32-25(29(21)28-20)16-8-9-22(30-2)23(10-16)31-3/h4-12,21,25H,13H2,1-3H3/t21-,25-/m0/s1. The summed E-state index contributed by atoms with van der Waals surface area (Å²) in [5, 5.41) is 8.04. The molecule has 0 unspecified atom stereocenters. The molecule has 0 saturated heterocycles. The normalized spacial score (nSPS) is 19.0. The molecule has 0 amide bonds. The Balaban J connectivity index is 1.62. The highest BCUT2D eigenvalue weighted by Gasteiger charge is 2.42. The highest BCUT2D eigenvalue weighted by molar-refractivity contribution is 6.35. The van der Waals surface area contributed by atoms with Gasteiger partial charge in [0.1, 0.15) is 5.75 Å². The Kier molecular flexibility index (Phi) is 5.39. The van der Waals surface area contributed by atoms with Crippen molar-refractivity contribution < 1.29 is 14.2 Å². The molecule has 0 saturated carbocycles. The lowest BCUT2D eigenvalue weighted by Gasteiger charge is -2.38. The molecule has 0 spiro atoms. The molecule has 3 aromatic carbocycles. The average Bonchev–Trinajstić information content (AvgIpc) is 3.24. The third-order valence-corrected chi connectivity index (χ3v) is 6.38. The molecular weight excluding hydrogens is 447 g/mol. The van der Waals surface area contributed by atoms with Crippen LogP contribution in [-0.4, -0.2) is 24.9 Å². The lowest BCUT2D eigenvalue weighted by Crippen LogP contribution is -2.33. The van der Waals surface area contributed by atoms with E-state index in [-0.39, 0.29) is 6.04 Å². The second-order valence-electron chi connectivity index (χ2n) is 7.90. The van der Waals surface area contributed by atoms with Gasteiger partial charge in [-0.25, -0.2) is 5.01 Å². The summed E-state index contributed by atoms with van der Waals surface area (Å²) < 4.78 is 17.3. The lowest BCUT2D eigenvalue weighted by molar-refractivity contribution is -0.0190. The van der Waals surface area contributed by atoms with E-state index in [4.69, 9.17) is 42.5 Å². The van der Waals surface area contributed by atoms with Crippen molar-refractivity contribution in [1.29, 1.82) is 0 Å². The fourth-order valence-corrected chi connectivity index (χ4v) is 4.82. The number of halogens is 2. The minimum atomic E-state index is -0.478. The maximum absolute atomic E-state index is 6.56. The van der Waals surface area contributed by atoms with E-state index in [9.17, 15) is 0 Å². The fraction of sp³-hybridized carbons (Fsp3) is 0.240. The van der Waals surface area contributed by atoms with Crippen LogP contribution < -0.4 is 14.2 Å². The second-order valence-corrected chi connectivity index (χ2v) is 8.75. The van der Waals surface area contributed by atoms with Gasteiger partial charge in [0.2, 0.25) is 6.23 Å². The third kappa shape index (κ3) is 3.55. The van der Waals surface area contributed by atoms with E-state index in [1.807, 2.05) is 29.3 Å². The van der Waals surface area contributed by atoms with Gasteiger partial charge in [-0.05, 0) is 42.8 Å². The van der Waals surface area contributed by atoms with E-state index in [0.29, 0.717) is 27.3 Å². The molecule has 0 aliphatic carbocycles. The van der Waals surface area contributed by atoms with Crippen molar-refractivity contribution in [2.24, 2.45) is 5.10 Å². The van der Waals surface area contributed by atoms with Crippen molar-refractivity contribution in [1.82, 2.24) is 5.01 Å². The van der Waals surface area contributed by atoms with Gasteiger partial charge in [-0.1, -0.05) is 53.0 Å². The lowest BCUT2D eigenvalue weighted by atomic mass is 9.95. The predicted octanol–water partition coefficient (Wildman–Crippen LogP) is 6.56. The van der Waals surface area contributed by atoms with Crippen LogP contribution in [0.15, 0.2) is 59.7 Å². The molecule has 2 atom stereocenters. The van der Waals surface area contributed by atoms with Crippen LogP contribution in [0.3, 0.4) is 0 Å². The van der Waals surface area contributed by atoms with E-state index in [1.54, 1.807) is 20.3 Å². The topological polar surface area (TPSA) is 43.3 Å². The largest absolute Gasteiger partial charge is 0.493 e. The number of hydrazone groups is 1. The molecule has 164 valence electrons. The summed E-state index contributed by atoms with van der Waals surface area (Å²) in [6.07, 6.45) is 0.244. The molecule has 3 aromatic rings. The molecule has 0 fully saturated rings. The van der Waals surface area contributed by atoms with Gasteiger partial charge in [-0.2, -0.15) is 5.10 Å². The summed E-state index contributed by atoms with van der Waals surface area (Å²) >= 11 is 12.9. The third-order valence-electron chi connectivity index (χ3n) is 5.89. The first-order chi connectivity index (χ1) is 15.5. The number of fused-ring (bicyclic) bond motifs is 3. The van der Waals surface area contributed by atoms with Crippen molar-refractivity contribution in [2.45, 2.75) is 25.6 Å². The van der Waals surface area contributed by atoms with Crippen molar-refractivity contribution in [3.05, 3.63) is 86.9 Å². The first-order valence-corrected chi connectivity index (χ1v) is 11.0. The molecule has 2 aliphatic heterocycles. The summed E-state index contributed by atoms with van der Waals surface area (Å²) in [5.74, 6) is 1.91. The predicted molar refractivity (Wildman–Crippen MR) is 126 cm³/mol. The maximum Gasteiger partial charge on any atom is 0.214 e. The van der Waals surface area contributed by atoms with Crippen LogP contribution in [0.1, 0.15) is 40.9 Å². The number of ether oxygens (including phenoxy) is 3. The van der Waals surface area contributed by atoms with Gasteiger partial charge < -0.3 is 14.2 Å². The van der Waals surface area contributed by atoms with Crippen LogP contribution in [0, 0.1) is 6.92 Å². The molecule has 5 rings (SSSR count). The van der Waals surface area contributed by atoms with E-state index < -0.39 is 6.23 Å². The molecule has 5 nitrogen and oxygen atoms in total. The van der Waals surface area contributed by atoms with Gasteiger partial charge in [0.25, 0.3) is 0 Å². The maximum atomic E-state index is 6.56. The van der Waals surface area contributed by atoms with E-state index in [1.165, 1.54) is 5.56 Å². The van der Waals surface area contributed by atoms with Crippen LogP contribution in [-0.2, 0) is 0 Å². The molecule has 32 heavy (non-hydrogen) atoms. The number of hydrogen-bond acceptors (Lipinski definition) is 5. The molecule has 2 aliphatic rings. The molecule has 0 bridgehead atoms. The molecule has 0 radical (unpaired) electrons. The first kappa shape index (κ1) is 21.0. The number of nitrogens with zero attached hydrogens (tertiary/aromatic N) is 2. The SMILES string of the molecule is COc1ccc([C@@H]2Oc3c(Cl)cc(Cl)cc3[C@@H]3CC(c4ccc(C)cc4)=NN32)cc1OC. The Bertz CT molecular complexity index is 1210. The van der Waals surface area contributed by atoms with E-state index in [0.717, 1.165) is 28.8 Å². The first-order valence-electron chi connectivity index (χ1n) is 10.3. The zero-order valence-corrected chi connectivity index (χ0v) is 19.4. The molecule has 7 heteroatoms. The van der Waals surface area contributed by atoms with Crippen LogP contribution in [0.4, 0.5) is 0 Å². The Labute approximate surface area is 197 Å². The van der Waals surface area contributed by atoms with Gasteiger partial charge >= 0.3 is 0 Å². The minimum Gasteiger partial charge on any atom is -0.493 e. The van der Waals surface area contributed by atoms with Gasteiger partial charge in [0.05, 0.1) is 31.0 Å². The Morgan fingerprint density at radius 1 is 0.969 bits per heavy atom. The quantitative estimate of drug-likeness (QED) is 0.434. The minimum absolute atomic E-state index is 0.0515. The summed E-state index contributed by atoms with van der Waals surface area (Å²) in [7, 11) is 3.23. The summed E-state index contributed by atoms with van der Waals surface area (Å²) in [4.78, 5) is 0. The molecule has 0 N–H and O–H groups in total. The summed E-state index contributed by atoms with van der Waals surface area (Å²) in [6.45, 7) is 2.07. The highest BCUT2D eigenvalue weighted by atomic mass is 35.5. The van der Waals surface area contributed by atoms with Crippen molar-refractivity contribution in [2.75, 3.05) is 14.2 Å². The van der Waals surface area contributed by atoms with Crippen LogP contribution >= 0.6 is 23.2 Å². The van der Waals surface area contributed by atoms with Gasteiger partial charge in [-0.3, -0.25) is 0 Å². The molecule has 2 heterocycles. The number of aryl methyl sites for hydroxylation is 1. The fourth-order valence-electron chi connectivity index (χ4n) is 4.26. The number of hydrogen-bond donors (Lipinski definition) is 0. The summed E-state index contributed by atoms with van der Waals surface area (Å²) in [5.41, 5.74) is 5.11. The molecule has 0 aromatic heterocycles. The molecular formula is C25H22Cl2N2O3.